The van der Waals surface area contributed by atoms with Gasteiger partial charge in [0.1, 0.15) is 0 Å². The molecule has 84 valence electrons. The van der Waals surface area contributed by atoms with E-state index < -0.39 is 6.43 Å². The Hall–Kier alpha value is -0.160. The monoisotopic (exact) mass is 341 g/mol. The summed E-state index contributed by atoms with van der Waals surface area (Å²) in [5.74, 6) is 0. The molecule has 0 aliphatic heterocycles. The van der Waals surface area contributed by atoms with Crippen LogP contribution in [0.25, 0.3) is 0 Å². The summed E-state index contributed by atoms with van der Waals surface area (Å²) >= 11 is 6.69. The Morgan fingerprint density at radius 1 is 1.40 bits per heavy atom. The van der Waals surface area contributed by atoms with E-state index in [1.54, 1.807) is 11.9 Å². The van der Waals surface area contributed by atoms with Gasteiger partial charge in [-0.2, -0.15) is 0 Å². The van der Waals surface area contributed by atoms with Crippen LogP contribution in [0, 0.1) is 0 Å². The summed E-state index contributed by atoms with van der Waals surface area (Å²) in [6.07, 6.45) is -2.32. The molecule has 0 aliphatic carbocycles. The number of nitrogens with zero attached hydrogens (tertiary/aromatic N) is 1. The third-order valence-electron chi connectivity index (χ3n) is 2.01. The molecule has 0 fully saturated rings. The van der Waals surface area contributed by atoms with E-state index in [4.69, 9.17) is 0 Å². The first-order valence-electron chi connectivity index (χ1n) is 4.38. The smallest absolute Gasteiger partial charge is 0.255 e. The highest BCUT2D eigenvalue weighted by molar-refractivity contribution is 9.10. The van der Waals surface area contributed by atoms with Crippen LogP contribution >= 0.6 is 31.9 Å². The number of anilines is 1. The Kier molecular flexibility index (Phi) is 4.99. The molecule has 0 saturated carbocycles. The van der Waals surface area contributed by atoms with Crippen LogP contribution in [0.15, 0.2) is 22.7 Å². The summed E-state index contributed by atoms with van der Waals surface area (Å²) in [6.45, 7) is -0.248. The van der Waals surface area contributed by atoms with Crippen LogP contribution in [0.5, 0.6) is 0 Å². The number of rotatable bonds is 4. The Morgan fingerprint density at radius 2 is 2.07 bits per heavy atom. The Morgan fingerprint density at radius 3 is 2.60 bits per heavy atom. The highest BCUT2D eigenvalue weighted by Crippen LogP contribution is 2.26. The standard InChI is InChI=1S/C10H11Br2F2N/c1-15(6-10(13)14)9-3-2-8(12)4-7(9)5-11/h2-4,10H,5-6H2,1H3. The SMILES string of the molecule is CN(CC(F)F)c1ccc(Br)cc1CBr. The van der Waals surface area contributed by atoms with E-state index in [0.717, 1.165) is 15.7 Å². The van der Waals surface area contributed by atoms with Crippen LogP contribution < -0.4 is 4.90 Å². The second kappa shape index (κ2) is 5.80. The second-order valence-corrected chi connectivity index (χ2v) is 4.65. The van der Waals surface area contributed by atoms with Crippen LogP contribution in [0.4, 0.5) is 14.5 Å². The average molecular weight is 343 g/mol. The summed E-state index contributed by atoms with van der Waals surface area (Å²) in [4.78, 5) is 1.56. The van der Waals surface area contributed by atoms with Gasteiger partial charge in [-0.1, -0.05) is 31.9 Å². The molecule has 1 aromatic carbocycles. The van der Waals surface area contributed by atoms with Crippen molar-refractivity contribution in [3.63, 3.8) is 0 Å². The van der Waals surface area contributed by atoms with Crippen molar-refractivity contribution >= 4 is 37.5 Å². The van der Waals surface area contributed by atoms with Gasteiger partial charge in [0, 0.05) is 22.5 Å². The molecular weight excluding hydrogens is 332 g/mol. The molecule has 15 heavy (non-hydrogen) atoms. The summed E-state index contributed by atoms with van der Waals surface area (Å²) < 4.78 is 25.4. The third-order valence-corrected chi connectivity index (χ3v) is 3.11. The zero-order chi connectivity index (χ0) is 11.4. The number of hydrogen-bond acceptors (Lipinski definition) is 1. The lowest BCUT2D eigenvalue weighted by Crippen LogP contribution is -2.24. The van der Waals surface area contributed by atoms with Crippen molar-refractivity contribution in [2.24, 2.45) is 0 Å². The van der Waals surface area contributed by atoms with Gasteiger partial charge >= 0.3 is 0 Å². The van der Waals surface area contributed by atoms with Gasteiger partial charge in [-0.25, -0.2) is 8.78 Å². The minimum Gasteiger partial charge on any atom is -0.369 e. The van der Waals surface area contributed by atoms with Gasteiger partial charge < -0.3 is 4.90 Å². The molecule has 0 aromatic heterocycles. The predicted molar refractivity (Wildman–Crippen MR) is 66.0 cm³/mol. The highest BCUT2D eigenvalue weighted by Gasteiger charge is 2.11. The lowest BCUT2D eigenvalue weighted by atomic mass is 10.2. The zero-order valence-corrected chi connectivity index (χ0v) is 11.4. The molecule has 0 aliphatic rings. The van der Waals surface area contributed by atoms with E-state index in [0.29, 0.717) is 5.33 Å². The van der Waals surface area contributed by atoms with Gasteiger partial charge in [-0.05, 0) is 23.8 Å². The van der Waals surface area contributed by atoms with Crippen LogP contribution in [0.2, 0.25) is 0 Å². The van der Waals surface area contributed by atoms with Gasteiger partial charge in [0.15, 0.2) is 0 Å². The third kappa shape index (κ3) is 3.72. The van der Waals surface area contributed by atoms with E-state index in [9.17, 15) is 8.78 Å². The summed E-state index contributed by atoms with van der Waals surface area (Å²) in [5, 5.41) is 0.648. The molecule has 0 bridgehead atoms. The fourth-order valence-corrected chi connectivity index (χ4v) is 2.20. The van der Waals surface area contributed by atoms with E-state index >= 15 is 0 Å². The predicted octanol–water partition coefficient (Wildman–Crippen LogP) is 4.05. The number of halogens is 4. The molecular formula is C10H11Br2F2N. The molecule has 1 nitrogen and oxygen atoms in total. The van der Waals surface area contributed by atoms with Crippen molar-refractivity contribution in [3.05, 3.63) is 28.2 Å². The molecule has 1 rings (SSSR count). The maximum absolute atomic E-state index is 12.2. The largest absolute Gasteiger partial charge is 0.369 e. The molecule has 0 unspecified atom stereocenters. The Bertz CT molecular complexity index is 331. The average Bonchev–Trinajstić information content (AvgIpc) is 2.16. The first-order valence-corrected chi connectivity index (χ1v) is 6.29. The van der Waals surface area contributed by atoms with Gasteiger partial charge in [0.05, 0.1) is 6.54 Å². The summed E-state index contributed by atoms with van der Waals surface area (Å²) in [6, 6.07) is 5.61. The number of benzene rings is 1. The molecule has 0 spiro atoms. The Labute approximate surface area is 105 Å². The maximum Gasteiger partial charge on any atom is 0.255 e. The molecule has 0 N–H and O–H groups in total. The highest BCUT2D eigenvalue weighted by atomic mass is 79.9. The van der Waals surface area contributed by atoms with E-state index in [2.05, 4.69) is 31.9 Å². The van der Waals surface area contributed by atoms with Gasteiger partial charge in [-0.15, -0.1) is 0 Å². The second-order valence-electron chi connectivity index (χ2n) is 3.18. The van der Waals surface area contributed by atoms with Crippen molar-refractivity contribution in [1.29, 1.82) is 0 Å². The number of hydrogen-bond donors (Lipinski definition) is 0. The molecule has 0 amide bonds. The van der Waals surface area contributed by atoms with Crippen molar-refractivity contribution in [2.75, 3.05) is 18.5 Å². The van der Waals surface area contributed by atoms with Crippen molar-refractivity contribution in [1.82, 2.24) is 0 Å². The van der Waals surface area contributed by atoms with Crippen LogP contribution in [0.3, 0.4) is 0 Å². The first kappa shape index (κ1) is 12.9. The lowest BCUT2D eigenvalue weighted by molar-refractivity contribution is 0.156. The van der Waals surface area contributed by atoms with Gasteiger partial charge in [0.2, 0.25) is 0 Å². The normalized spacial score (nSPS) is 10.8. The van der Waals surface area contributed by atoms with Gasteiger partial charge in [0.25, 0.3) is 6.43 Å². The van der Waals surface area contributed by atoms with Crippen molar-refractivity contribution in [2.45, 2.75) is 11.8 Å². The lowest BCUT2D eigenvalue weighted by Gasteiger charge is -2.21. The van der Waals surface area contributed by atoms with Crippen LogP contribution in [-0.4, -0.2) is 20.0 Å². The molecule has 5 heteroatoms. The molecule has 1 aromatic rings. The minimum atomic E-state index is -2.32. The van der Waals surface area contributed by atoms with E-state index in [1.807, 2.05) is 18.2 Å². The quantitative estimate of drug-likeness (QED) is 0.746. The van der Waals surface area contributed by atoms with Gasteiger partial charge in [-0.3, -0.25) is 0 Å². The number of alkyl halides is 3. The Balaban J connectivity index is 2.92. The molecule has 0 atom stereocenters. The molecule has 0 radical (unpaired) electrons. The molecule has 0 heterocycles. The van der Waals surface area contributed by atoms with Crippen LogP contribution in [0.1, 0.15) is 5.56 Å². The summed E-state index contributed by atoms with van der Waals surface area (Å²) in [7, 11) is 1.67. The minimum absolute atomic E-state index is 0.248. The molecule has 0 saturated heterocycles. The van der Waals surface area contributed by atoms with Crippen LogP contribution in [-0.2, 0) is 5.33 Å². The van der Waals surface area contributed by atoms with E-state index in [1.165, 1.54) is 0 Å². The van der Waals surface area contributed by atoms with Crippen molar-refractivity contribution < 1.29 is 8.78 Å². The fourth-order valence-electron chi connectivity index (χ4n) is 1.34. The zero-order valence-electron chi connectivity index (χ0n) is 8.18. The fraction of sp³-hybridized carbons (Fsp3) is 0.400. The van der Waals surface area contributed by atoms with E-state index in [-0.39, 0.29) is 6.54 Å². The maximum atomic E-state index is 12.2. The first-order chi connectivity index (χ1) is 7.04. The summed E-state index contributed by atoms with van der Waals surface area (Å²) in [5.41, 5.74) is 1.82. The van der Waals surface area contributed by atoms with Crippen molar-refractivity contribution in [3.8, 4) is 0 Å². The topological polar surface area (TPSA) is 3.24 Å².